The van der Waals surface area contributed by atoms with Gasteiger partial charge in [0.15, 0.2) is 0 Å². The zero-order valence-electron chi connectivity index (χ0n) is 15.9. The average Bonchev–Trinajstić information content (AvgIpc) is 3.16. The molecule has 0 N–H and O–H groups in total. The van der Waals surface area contributed by atoms with Crippen molar-refractivity contribution in [3.8, 4) is 0 Å². The van der Waals surface area contributed by atoms with E-state index in [9.17, 15) is 0 Å². The van der Waals surface area contributed by atoms with Gasteiger partial charge in [-0.3, -0.25) is 23.5 Å². The zero-order valence-corrected chi connectivity index (χ0v) is 24.1. The molecule has 0 bridgehead atoms. The fourth-order valence-electron chi connectivity index (χ4n) is 4.23. The van der Waals surface area contributed by atoms with E-state index in [2.05, 4.69) is 81.8 Å². The van der Waals surface area contributed by atoms with Gasteiger partial charge in [-0.1, -0.05) is 66.5 Å². The number of halogens is 2. The van der Waals surface area contributed by atoms with E-state index in [0.29, 0.717) is 10.5 Å². The van der Waals surface area contributed by atoms with Gasteiger partial charge in [0.2, 0.25) is 0 Å². The topological polar surface area (TPSA) is 0 Å². The molecular formula is C20H22Br2S2SiZr. The maximum absolute atomic E-state index is 3.67. The molecule has 26 heavy (non-hydrogen) atoms. The van der Waals surface area contributed by atoms with Crippen LogP contribution in [0.15, 0.2) is 53.8 Å². The van der Waals surface area contributed by atoms with Crippen molar-refractivity contribution in [3.05, 3.63) is 79.5 Å². The van der Waals surface area contributed by atoms with Crippen LogP contribution in [0.5, 0.6) is 0 Å². The van der Waals surface area contributed by atoms with Gasteiger partial charge in [0.05, 0.1) is 0 Å². The fourth-order valence-corrected chi connectivity index (χ4v) is 13.8. The second-order valence-electron chi connectivity index (χ2n) is 6.85. The summed E-state index contributed by atoms with van der Waals surface area (Å²) in [6, 6.07) is 0. The molecule has 0 aromatic rings. The number of fused-ring (bicyclic) bond motifs is 2. The Morgan fingerprint density at radius 2 is 1.19 bits per heavy atom. The second kappa shape index (κ2) is 8.92. The van der Waals surface area contributed by atoms with Gasteiger partial charge in [-0.25, -0.2) is 0 Å². The summed E-state index contributed by atoms with van der Waals surface area (Å²) in [5, 5.41) is 11.1. The molecule has 6 heteroatoms. The number of thioether (sulfide) groups is 2. The van der Waals surface area contributed by atoms with Crippen molar-refractivity contribution < 1.29 is 26.2 Å². The van der Waals surface area contributed by atoms with E-state index in [1.54, 1.807) is 10.4 Å². The van der Waals surface area contributed by atoms with Gasteiger partial charge in [-0.2, -0.15) is 22.0 Å². The molecule has 2 aliphatic carbocycles. The molecule has 2 unspecified atom stereocenters. The Hall–Kier alpha value is 1.20. The minimum atomic E-state index is -1.73. The Labute approximate surface area is 204 Å². The Balaban J connectivity index is 0.00000113. The molecule has 0 saturated carbocycles. The van der Waals surface area contributed by atoms with Gasteiger partial charge in [-0.05, 0) is 24.3 Å². The van der Waals surface area contributed by atoms with E-state index in [4.69, 9.17) is 0 Å². The molecule has 0 aromatic carbocycles. The summed E-state index contributed by atoms with van der Waals surface area (Å²) in [5.41, 5.74) is 5.77. The van der Waals surface area contributed by atoms with E-state index in [0.717, 1.165) is 8.96 Å². The Kier molecular flexibility index (Phi) is 8.65. The van der Waals surface area contributed by atoms with E-state index < -0.39 is 8.07 Å². The van der Waals surface area contributed by atoms with Gasteiger partial charge < -0.3 is 14.9 Å². The predicted molar refractivity (Wildman–Crippen MR) is 126 cm³/mol. The van der Waals surface area contributed by atoms with E-state index in [1.807, 2.05) is 23.5 Å². The van der Waals surface area contributed by atoms with Crippen LogP contribution in [-0.2, 0) is 26.2 Å². The van der Waals surface area contributed by atoms with Crippen LogP contribution in [0.25, 0.3) is 0 Å². The van der Waals surface area contributed by atoms with Crippen molar-refractivity contribution in [2.45, 2.75) is 37.4 Å². The summed E-state index contributed by atoms with van der Waals surface area (Å²) in [6.45, 7) is 9.63. The number of rotatable bonds is 2. The normalized spacial score (nSPS) is 26.2. The zero-order chi connectivity index (χ0) is 16.5. The van der Waals surface area contributed by atoms with Gasteiger partial charge in [-0.15, -0.1) is 21.1 Å². The predicted octanol–water partition coefficient (Wildman–Crippen LogP) is 7.49. The Morgan fingerprint density at radius 3 is 1.54 bits per heavy atom. The molecule has 0 fully saturated rings. The van der Waals surface area contributed by atoms with Crippen LogP contribution in [0.3, 0.4) is 0 Å². The molecule has 2 heterocycles. The summed E-state index contributed by atoms with van der Waals surface area (Å²) < 4.78 is 2.30. The second-order valence-corrected chi connectivity index (χ2v) is 14.6. The Bertz CT molecular complexity index is 750. The van der Waals surface area contributed by atoms with Gasteiger partial charge >= 0.3 is 26.2 Å². The minimum absolute atomic E-state index is 0. The van der Waals surface area contributed by atoms with Crippen molar-refractivity contribution in [2.24, 2.45) is 0 Å². The first-order chi connectivity index (χ1) is 10.8. The van der Waals surface area contributed by atoms with Crippen LogP contribution in [0.1, 0.15) is 13.8 Å². The molecule has 0 radical (unpaired) electrons. The third-order valence-electron chi connectivity index (χ3n) is 5.07. The molecule has 2 atom stereocenters. The molecule has 4 rings (SSSR count). The molecule has 0 saturated heterocycles. The molecule has 0 amide bonds. The molecule has 0 aromatic heterocycles. The van der Waals surface area contributed by atoms with E-state index in [-0.39, 0.29) is 41.1 Å². The van der Waals surface area contributed by atoms with Crippen LogP contribution in [0.4, 0.5) is 0 Å². The minimum Gasteiger partial charge on any atom is -0.358 e. The number of hydrogen-bond donors (Lipinski definition) is 0. The molecule has 4 aliphatic rings. The first kappa shape index (κ1) is 25.2. The Morgan fingerprint density at radius 1 is 0.846 bits per heavy atom. The number of allylic oxidation sites excluding steroid dienone is 6. The molecule has 0 nitrogen and oxygen atoms in total. The van der Waals surface area contributed by atoms with Crippen LogP contribution in [0, 0.1) is 25.7 Å². The molecule has 0 spiro atoms. The van der Waals surface area contributed by atoms with E-state index in [1.165, 1.54) is 22.3 Å². The van der Waals surface area contributed by atoms with Crippen LogP contribution >= 0.6 is 55.4 Å². The smallest absolute Gasteiger partial charge is 0.358 e. The SMILES string of the molecule is CC1=C([Si](C)(C)C2=C(C)C=C3C(Br)=[C-]SC32)C2S[C-]=C(Br)C2=C1.[CH3-].[CH3-].[Zr+4]. The largest absolute Gasteiger partial charge is 4.00 e. The fraction of sp³-hybridized carbons (Fsp3) is 0.300. The van der Waals surface area contributed by atoms with Gasteiger partial charge in [0.1, 0.15) is 8.07 Å². The van der Waals surface area contributed by atoms with Crippen LogP contribution < -0.4 is 0 Å². The maximum Gasteiger partial charge on any atom is 4.00 e. The third kappa shape index (κ3) is 3.69. The molecule has 2 aliphatic heterocycles. The van der Waals surface area contributed by atoms with Crippen LogP contribution in [0.2, 0.25) is 13.1 Å². The average molecular weight is 606 g/mol. The van der Waals surface area contributed by atoms with Crippen molar-refractivity contribution >= 4 is 63.5 Å². The molecular weight excluding hydrogens is 583 g/mol. The van der Waals surface area contributed by atoms with Crippen molar-refractivity contribution in [2.75, 3.05) is 0 Å². The van der Waals surface area contributed by atoms with Gasteiger partial charge in [0, 0.05) is 0 Å². The summed E-state index contributed by atoms with van der Waals surface area (Å²) in [4.78, 5) is 0. The summed E-state index contributed by atoms with van der Waals surface area (Å²) in [6.07, 6.45) is 4.74. The monoisotopic (exact) mass is 602 g/mol. The standard InChI is InChI=1S/C18H16Br2S2Si.2CH3.Zr/c1-9-5-11-13(19)7-21-15(11)17(9)23(3,4)18-10(2)6-12-14(20)8-22-16(12)18;;;/h5-6,15-16H,1-4H3;2*1H3;/q-2;2*-1;+4. The summed E-state index contributed by atoms with van der Waals surface area (Å²) in [5.74, 6) is 0. The van der Waals surface area contributed by atoms with Gasteiger partial charge in [0.25, 0.3) is 0 Å². The first-order valence-corrected chi connectivity index (χ1v) is 13.9. The number of hydrogen-bond acceptors (Lipinski definition) is 2. The van der Waals surface area contributed by atoms with E-state index >= 15 is 0 Å². The van der Waals surface area contributed by atoms with Crippen molar-refractivity contribution in [1.29, 1.82) is 0 Å². The summed E-state index contributed by atoms with van der Waals surface area (Å²) in [7, 11) is -1.73. The first-order valence-electron chi connectivity index (χ1n) is 7.57. The maximum atomic E-state index is 3.67. The third-order valence-corrected chi connectivity index (χ3v) is 13.5. The molecule has 136 valence electrons. The summed E-state index contributed by atoms with van der Waals surface area (Å²) >= 11 is 11.0. The van der Waals surface area contributed by atoms with Crippen LogP contribution in [-0.4, -0.2) is 18.6 Å². The quantitative estimate of drug-likeness (QED) is 0.236. The van der Waals surface area contributed by atoms with Crippen molar-refractivity contribution in [1.82, 2.24) is 0 Å². The van der Waals surface area contributed by atoms with Crippen molar-refractivity contribution in [3.63, 3.8) is 0 Å².